The molecule has 0 fully saturated rings. The third-order valence-electron chi connectivity index (χ3n) is 4.59. The van der Waals surface area contributed by atoms with Crippen molar-refractivity contribution in [2.24, 2.45) is 0 Å². The number of benzene rings is 1. The highest BCUT2D eigenvalue weighted by atomic mass is 16.5. The molecule has 7 nitrogen and oxygen atoms in total. The van der Waals surface area contributed by atoms with Crippen LogP contribution in [0.3, 0.4) is 0 Å². The largest absolute Gasteiger partial charge is 0.493 e. The Morgan fingerprint density at radius 3 is 2.96 bits per heavy atom. The number of hydrogen-bond donors (Lipinski definition) is 0. The number of carbonyl (C=O) groups excluding carboxylic acids is 1. The Morgan fingerprint density at radius 1 is 1.26 bits per heavy atom. The van der Waals surface area contributed by atoms with E-state index in [1.165, 1.54) is 0 Å². The predicted molar refractivity (Wildman–Crippen MR) is 99.0 cm³/mol. The van der Waals surface area contributed by atoms with Crippen LogP contribution in [-0.2, 0) is 13.0 Å². The maximum absolute atomic E-state index is 11.6. The van der Waals surface area contributed by atoms with E-state index in [1.807, 2.05) is 22.9 Å². The molecule has 3 heterocycles. The van der Waals surface area contributed by atoms with E-state index in [0.29, 0.717) is 17.9 Å². The lowest BCUT2D eigenvalue weighted by Crippen LogP contribution is -2.08. The predicted octanol–water partition coefficient (Wildman–Crippen LogP) is 3.25. The quantitative estimate of drug-likeness (QED) is 0.625. The summed E-state index contributed by atoms with van der Waals surface area (Å²) in [5, 5.41) is 12.7. The van der Waals surface area contributed by atoms with Gasteiger partial charge in [0.25, 0.3) is 0 Å². The van der Waals surface area contributed by atoms with E-state index in [0.717, 1.165) is 41.0 Å². The highest BCUT2D eigenvalue weighted by Crippen LogP contribution is 2.34. The summed E-state index contributed by atoms with van der Waals surface area (Å²) in [4.78, 5) is 11.6. The lowest BCUT2D eigenvalue weighted by Gasteiger charge is -2.14. The maximum atomic E-state index is 11.6. The van der Waals surface area contributed by atoms with Gasteiger partial charge in [0.05, 0.1) is 24.1 Å². The smallest absolute Gasteiger partial charge is 0.154 e. The molecular weight excluding hydrogens is 344 g/mol. The number of nitrogens with zero attached hydrogens (tertiary/aromatic N) is 4. The van der Waals surface area contributed by atoms with Gasteiger partial charge >= 0.3 is 0 Å². The van der Waals surface area contributed by atoms with Crippen molar-refractivity contribution in [3.63, 3.8) is 0 Å². The van der Waals surface area contributed by atoms with Crippen molar-refractivity contribution in [1.29, 1.82) is 0 Å². The van der Waals surface area contributed by atoms with Crippen LogP contribution in [-0.4, -0.2) is 32.9 Å². The van der Waals surface area contributed by atoms with E-state index < -0.39 is 0 Å². The zero-order valence-corrected chi connectivity index (χ0v) is 15.3. The van der Waals surface area contributed by atoms with Crippen LogP contribution in [0.15, 0.2) is 36.7 Å². The Labute approximate surface area is 156 Å². The van der Waals surface area contributed by atoms with Crippen molar-refractivity contribution in [3.8, 4) is 22.9 Å². The van der Waals surface area contributed by atoms with Crippen molar-refractivity contribution in [2.75, 3.05) is 6.61 Å². The van der Waals surface area contributed by atoms with Gasteiger partial charge in [-0.1, -0.05) is 0 Å². The second-order valence-electron chi connectivity index (χ2n) is 6.62. The van der Waals surface area contributed by atoms with Crippen molar-refractivity contribution in [3.05, 3.63) is 53.3 Å². The van der Waals surface area contributed by atoms with Crippen LogP contribution in [0.2, 0.25) is 0 Å². The molecule has 1 aliphatic heterocycles. The number of carbonyl (C=O) groups is 1. The van der Waals surface area contributed by atoms with E-state index in [4.69, 9.17) is 9.47 Å². The highest BCUT2D eigenvalue weighted by molar-refractivity contribution is 5.83. The molecule has 2 aromatic heterocycles. The Balaban J connectivity index is 1.64. The summed E-state index contributed by atoms with van der Waals surface area (Å²) >= 11 is 0. The average Bonchev–Trinajstić information content (AvgIpc) is 3.35. The van der Waals surface area contributed by atoms with Crippen molar-refractivity contribution in [2.45, 2.75) is 32.9 Å². The van der Waals surface area contributed by atoms with E-state index in [1.54, 1.807) is 18.5 Å². The summed E-state index contributed by atoms with van der Waals surface area (Å²) in [6.07, 6.45) is 4.94. The molecule has 4 rings (SSSR count). The Kier molecular flexibility index (Phi) is 4.58. The Hall–Kier alpha value is -3.22. The number of aromatic nitrogens is 4. The van der Waals surface area contributed by atoms with E-state index in [2.05, 4.69) is 29.1 Å². The van der Waals surface area contributed by atoms with Gasteiger partial charge in [0.2, 0.25) is 0 Å². The van der Waals surface area contributed by atoms with Gasteiger partial charge in [-0.2, -0.15) is 10.2 Å². The fourth-order valence-corrected chi connectivity index (χ4v) is 3.29. The molecule has 7 heteroatoms. The number of aldehydes is 1. The van der Waals surface area contributed by atoms with Crippen molar-refractivity contribution >= 4 is 6.29 Å². The molecule has 0 atom stereocenters. The SMILES string of the molecule is CC(C)n1nccc1-c1nnccc1COc1ccc2c(c1C=O)CCO2. The lowest BCUT2D eigenvalue weighted by atomic mass is 10.1. The van der Waals surface area contributed by atoms with Crippen LogP contribution in [0.4, 0.5) is 0 Å². The van der Waals surface area contributed by atoms with Gasteiger partial charge in [-0.25, -0.2) is 0 Å². The topological polar surface area (TPSA) is 79.1 Å². The fourth-order valence-electron chi connectivity index (χ4n) is 3.29. The molecule has 0 saturated heterocycles. The van der Waals surface area contributed by atoms with Crippen LogP contribution < -0.4 is 9.47 Å². The minimum Gasteiger partial charge on any atom is -0.493 e. The number of hydrogen-bond acceptors (Lipinski definition) is 6. The first-order valence-corrected chi connectivity index (χ1v) is 8.90. The Bertz CT molecular complexity index is 981. The average molecular weight is 364 g/mol. The van der Waals surface area contributed by atoms with Gasteiger partial charge in [0, 0.05) is 29.8 Å². The summed E-state index contributed by atoms with van der Waals surface area (Å²) in [7, 11) is 0. The van der Waals surface area contributed by atoms with E-state index in [9.17, 15) is 4.79 Å². The third kappa shape index (κ3) is 3.16. The normalized spacial score (nSPS) is 12.7. The standard InChI is InChI=1S/C20H20N4O3/c1-13(2)24-17(6-9-22-24)20-14(5-8-21-23-20)12-27-19-4-3-18-15(7-10-26-18)16(19)11-25/h3-6,8-9,11,13H,7,10,12H2,1-2H3. The summed E-state index contributed by atoms with van der Waals surface area (Å²) in [5.41, 5.74) is 3.95. The Morgan fingerprint density at radius 2 is 2.15 bits per heavy atom. The maximum Gasteiger partial charge on any atom is 0.154 e. The molecule has 1 aliphatic rings. The van der Waals surface area contributed by atoms with Gasteiger partial charge in [0.15, 0.2) is 6.29 Å². The molecule has 138 valence electrons. The zero-order chi connectivity index (χ0) is 18.8. The molecule has 1 aromatic carbocycles. The summed E-state index contributed by atoms with van der Waals surface area (Å²) in [6, 6.07) is 7.61. The third-order valence-corrected chi connectivity index (χ3v) is 4.59. The van der Waals surface area contributed by atoms with Crippen LogP contribution in [0.25, 0.3) is 11.4 Å². The number of ether oxygens (including phenoxy) is 2. The number of rotatable bonds is 6. The fraction of sp³-hybridized carbons (Fsp3) is 0.300. The summed E-state index contributed by atoms with van der Waals surface area (Å²) in [6.45, 7) is 4.99. The molecule has 0 spiro atoms. The molecule has 0 aliphatic carbocycles. The molecule has 0 N–H and O–H groups in total. The molecule has 0 unspecified atom stereocenters. The monoisotopic (exact) mass is 364 g/mol. The molecule has 0 bridgehead atoms. The minimum atomic E-state index is 0.198. The van der Waals surface area contributed by atoms with Crippen molar-refractivity contribution < 1.29 is 14.3 Å². The lowest BCUT2D eigenvalue weighted by molar-refractivity contribution is 0.111. The first-order chi connectivity index (χ1) is 13.2. The summed E-state index contributed by atoms with van der Waals surface area (Å²) < 4.78 is 13.4. The van der Waals surface area contributed by atoms with E-state index in [-0.39, 0.29) is 12.6 Å². The summed E-state index contributed by atoms with van der Waals surface area (Å²) in [5.74, 6) is 1.31. The van der Waals surface area contributed by atoms with Gasteiger partial charge in [-0.3, -0.25) is 9.48 Å². The van der Waals surface area contributed by atoms with E-state index >= 15 is 0 Å². The molecule has 27 heavy (non-hydrogen) atoms. The van der Waals surface area contributed by atoms with Crippen molar-refractivity contribution in [1.82, 2.24) is 20.0 Å². The van der Waals surface area contributed by atoms with Crippen LogP contribution >= 0.6 is 0 Å². The van der Waals surface area contributed by atoms with Gasteiger partial charge in [0.1, 0.15) is 23.8 Å². The molecule has 3 aromatic rings. The van der Waals surface area contributed by atoms with Crippen LogP contribution in [0.1, 0.15) is 41.4 Å². The molecule has 0 amide bonds. The molecular formula is C20H20N4O3. The first kappa shape index (κ1) is 17.2. The molecule has 0 saturated carbocycles. The number of fused-ring (bicyclic) bond motifs is 1. The second-order valence-corrected chi connectivity index (χ2v) is 6.62. The zero-order valence-electron chi connectivity index (χ0n) is 15.3. The van der Waals surface area contributed by atoms with Gasteiger partial charge < -0.3 is 9.47 Å². The highest BCUT2D eigenvalue weighted by Gasteiger charge is 2.20. The molecule has 0 radical (unpaired) electrons. The van der Waals surface area contributed by atoms with Gasteiger partial charge in [-0.15, -0.1) is 5.10 Å². The minimum absolute atomic E-state index is 0.198. The first-order valence-electron chi connectivity index (χ1n) is 8.90. The second kappa shape index (κ2) is 7.19. The van der Waals surface area contributed by atoms with Crippen LogP contribution in [0, 0.1) is 0 Å². The van der Waals surface area contributed by atoms with Gasteiger partial charge in [-0.05, 0) is 38.1 Å². The van der Waals surface area contributed by atoms with Crippen LogP contribution in [0.5, 0.6) is 11.5 Å².